The summed E-state index contributed by atoms with van der Waals surface area (Å²) >= 11 is 5.95. The van der Waals surface area contributed by atoms with E-state index in [1.54, 1.807) is 12.3 Å². The van der Waals surface area contributed by atoms with Crippen LogP contribution in [0.4, 0.5) is 5.69 Å². The Kier molecular flexibility index (Phi) is 4.79. The number of aromatic nitrogens is 1. The van der Waals surface area contributed by atoms with Gasteiger partial charge in [-0.05, 0) is 37.6 Å². The van der Waals surface area contributed by atoms with Crippen molar-refractivity contribution in [3.05, 3.63) is 35.5 Å². The first-order chi connectivity index (χ1) is 9.60. The number of rotatable bonds is 5. The quantitative estimate of drug-likeness (QED) is 0.889. The molecule has 2 aromatic rings. The van der Waals surface area contributed by atoms with Crippen molar-refractivity contribution in [2.75, 3.05) is 11.9 Å². The highest BCUT2D eigenvalue weighted by molar-refractivity contribution is 6.31. The summed E-state index contributed by atoms with van der Waals surface area (Å²) in [5, 5.41) is 7.66. The largest absolute Gasteiger partial charge is 0.376 e. The molecule has 0 radical (unpaired) electrons. The number of carbonyl (C=O) groups is 1. The van der Waals surface area contributed by atoms with Crippen molar-refractivity contribution >= 4 is 34.1 Å². The number of amides is 1. The van der Waals surface area contributed by atoms with Crippen LogP contribution in [0.1, 0.15) is 20.3 Å². The highest BCUT2D eigenvalue weighted by Crippen LogP contribution is 2.24. The van der Waals surface area contributed by atoms with Gasteiger partial charge in [-0.15, -0.1) is 0 Å². The van der Waals surface area contributed by atoms with Crippen LogP contribution < -0.4 is 10.6 Å². The summed E-state index contributed by atoms with van der Waals surface area (Å²) in [5.41, 5.74) is 1.69. The van der Waals surface area contributed by atoms with Gasteiger partial charge in [0, 0.05) is 28.3 Å². The molecule has 2 N–H and O–H groups in total. The Morgan fingerprint density at radius 2 is 2.20 bits per heavy atom. The smallest absolute Gasteiger partial charge is 0.239 e. The minimum Gasteiger partial charge on any atom is -0.376 e. The fraction of sp³-hybridized carbons (Fsp3) is 0.333. The standard InChI is InChI=1S/C15H18ClN3O/c1-3-10(2)19-15(20)9-18-13-6-7-17-14-8-11(16)4-5-12(13)14/h4-8,10H,3,9H2,1-2H3,(H,17,18)(H,19,20). The van der Waals surface area contributed by atoms with E-state index in [0.29, 0.717) is 5.02 Å². The van der Waals surface area contributed by atoms with Gasteiger partial charge in [-0.25, -0.2) is 0 Å². The molecule has 106 valence electrons. The van der Waals surface area contributed by atoms with Crippen molar-refractivity contribution in [1.29, 1.82) is 0 Å². The average Bonchev–Trinajstić information content (AvgIpc) is 2.44. The van der Waals surface area contributed by atoms with Gasteiger partial charge in [0.15, 0.2) is 0 Å². The van der Waals surface area contributed by atoms with Gasteiger partial charge in [0.05, 0.1) is 12.1 Å². The lowest BCUT2D eigenvalue weighted by atomic mass is 10.2. The van der Waals surface area contributed by atoms with Gasteiger partial charge in [-0.2, -0.15) is 0 Å². The van der Waals surface area contributed by atoms with Crippen molar-refractivity contribution < 1.29 is 4.79 Å². The number of benzene rings is 1. The van der Waals surface area contributed by atoms with Crippen LogP contribution >= 0.6 is 11.6 Å². The zero-order chi connectivity index (χ0) is 14.5. The van der Waals surface area contributed by atoms with Gasteiger partial charge in [-0.3, -0.25) is 9.78 Å². The molecule has 1 aromatic carbocycles. The molecule has 0 aliphatic heterocycles. The highest BCUT2D eigenvalue weighted by Gasteiger charge is 2.07. The number of fused-ring (bicyclic) bond motifs is 1. The Labute approximate surface area is 123 Å². The van der Waals surface area contributed by atoms with Gasteiger partial charge >= 0.3 is 0 Å². The maximum absolute atomic E-state index is 11.8. The van der Waals surface area contributed by atoms with E-state index in [2.05, 4.69) is 15.6 Å². The molecule has 0 aliphatic rings. The molecule has 1 heterocycles. The van der Waals surface area contributed by atoms with Crippen LogP contribution in [0.2, 0.25) is 5.02 Å². The molecular weight excluding hydrogens is 274 g/mol. The van der Waals surface area contributed by atoms with E-state index in [1.165, 1.54) is 0 Å². The second kappa shape index (κ2) is 6.57. The molecule has 1 aromatic heterocycles. The van der Waals surface area contributed by atoms with Crippen LogP contribution in [0.3, 0.4) is 0 Å². The van der Waals surface area contributed by atoms with Crippen molar-refractivity contribution in [3.8, 4) is 0 Å². The van der Waals surface area contributed by atoms with Crippen molar-refractivity contribution in [3.63, 3.8) is 0 Å². The third-order valence-electron chi connectivity index (χ3n) is 3.16. The maximum Gasteiger partial charge on any atom is 0.239 e. The number of anilines is 1. The Hall–Kier alpha value is -1.81. The summed E-state index contributed by atoms with van der Waals surface area (Å²) in [6.45, 7) is 4.27. The first kappa shape index (κ1) is 14.6. The minimum atomic E-state index is -0.0155. The predicted octanol–water partition coefficient (Wildman–Crippen LogP) is 3.21. The van der Waals surface area contributed by atoms with E-state index < -0.39 is 0 Å². The number of hydrogen-bond acceptors (Lipinski definition) is 3. The van der Waals surface area contributed by atoms with Gasteiger partial charge in [0.25, 0.3) is 0 Å². The number of carbonyl (C=O) groups excluding carboxylic acids is 1. The first-order valence-corrected chi connectivity index (χ1v) is 7.05. The van der Waals surface area contributed by atoms with Crippen molar-refractivity contribution in [2.24, 2.45) is 0 Å². The monoisotopic (exact) mass is 291 g/mol. The Morgan fingerprint density at radius 1 is 1.40 bits per heavy atom. The second-order valence-electron chi connectivity index (χ2n) is 4.75. The number of hydrogen-bond donors (Lipinski definition) is 2. The molecule has 1 unspecified atom stereocenters. The lowest BCUT2D eigenvalue weighted by Crippen LogP contribution is -2.36. The topological polar surface area (TPSA) is 54.0 Å². The SMILES string of the molecule is CCC(C)NC(=O)CNc1ccnc2cc(Cl)ccc12. The number of nitrogens with zero attached hydrogens (tertiary/aromatic N) is 1. The molecule has 1 amide bonds. The van der Waals surface area contributed by atoms with Gasteiger partial charge in [0.1, 0.15) is 0 Å². The molecule has 0 fully saturated rings. The van der Waals surface area contributed by atoms with Crippen LogP contribution in [0.15, 0.2) is 30.5 Å². The third-order valence-corrected chi connectivity index (χ3v) is 3.40. The van der Waals surface area contributed by atoms with E-state index in [-0.39, 0.29) is 18.5 Å². The van der Waals surface area contributed by atoms with E-state index in [4.69, 9.17) is 11.6 Å². The van der Waals surface area contributed by atoms with Gasteiger partial charge in [-0.1, -0.05) is 18.5 Å². The fourth-order valence-electron chi connectivity index (χ4n) is 1.88. The van der Waals surface area contributed by atoms with E-state index in [0.717, 1.165) is 23.0 Å². The predicted molar refractivity (Wildman–Crippen MR) is 83.1 cm³/mol. The van der Waals surface area contributed by atoms with Crippen LogP contribution in [0.5, 0.6) is 0 Å². The van der Waals surface area contributed by atoms with Crippen LogP contribution in [0, 0.1) is 0 Å². The molecule has 0 saturated heterocycles. The lowest BCUT2D eigenvalue weighted by molar-refractivity contribution is -0.120. The summed E-state index contributed by atoms with van der Waals surface area (Å²) in [6, 6.07) is 7.57. The molecule has 0 bridgehead atoms. The molecule has 5 heteroatoms. The molecule has 0 aliphatic carbocycles. The van der Waals surface area contributed by atoms with Crippen LogP contribution in [-0.2, 0) is 4.79 Å². The van der Waals surface area contributed by atoms with Crippen LogP contribution in [-0.4, -0.2) is 23.5 Å². The summed E-state index contributed by atoms with van der Waals surface area (Å²) in [4.78, 5) is 16.0. The number of halogens is 1. The molecule has 20 heavy (non-hydrogen) atoms. The molecule has 4 nitrogen and oxygen atoms in total. The minimum absolute atomic E-state index is 0.0155. The number of nitrogens with one attached hydrogen (secondary N) is 2. The summed E-state index contributed by atoms with van der Waals surface area (Å²) in [7, 11) is 0. The zero-order valence-electron chi connectivity index (χ0n) is 11.6. The normalized spacial score (nSPS) is 12.2. The molecule has 1 atom stereocenters. The zero-order valence-corrected chi connectivity index (χ0v) is 12.4. The maximum atomic E-state index is 11.8. The molecule has 0 spiro atoms. The van der Waals surface area contributed by atoms with Crippen LogP contribution in [0.25, 0.3) is 10.9 Å². The summed E-state index contributed by atoms with van der Waals surface area (Å²) in [5.74, 6) is -0.0155. The average molecular weight is 292 g/mol. The second-order valence-corrected chi connectivity index (χ2v) is 5.19. The lowest BCUT2D eigenvalue weighted by Gasteiger charge is -2.13. The van der Waals surface area contributed by atoms with E-state index in [9.17, 15) is 4.79 Å². The molecule has 2 rings (SSSR count). The summed E-state index contributed by atoms with van der Waals surface area (Å²) < 4.78 is 0. The molecular formula is C15H18ClN3O. The fourth-order valence-corrected chi connectivity index (χ4v) is 2.05. The van der Waals surface area contributed by atoms with E-state index >= 15 is 0 Å². The van der Waals surface area contributed by atoms with Crippen molar-refractivity contribution in [1.82, 2.24) is 10.3 Å². The van der Waals surface area contributed by atoms with Crippen molar-refractivity contribution in [2.45, 2.75) is 26.3 Å². The Balaban J connectivity index is 2.08. The van der Waals surface area contributed by atoms with Gasteiger partial charge in [0.2, 0.25) is 5.91 Å². The highest BCUT2D eigenvalue weighted by atomic mass is 35.5. The Bertz CT molecular complexity index is 615. The van der Waals surface area contributed by atoms with E-state index in [1.807, 2.05) is 32.0 Å². The third kappa shape index (κ3) is 3.61. The van der Waals surface area contributed by atoms with Gasteiger partial charge < -0.3 is 10.6 Å². The molecule has 0 saturated carbocycles. The Morgan fingerprint density at radius 3 is 2.95 bits per heavy atom. The number of pyridine rings is 1. The first-order valence-electron chi connectivity index (χ1n) is 6.67. The summed E-state index contributed by atoms with van der Waals surface area (Å²) in [6.07, 6.45) is 2.62.